The van der Waals surface area contributed by atoms with Crippen molar-refractivity contribution in [1.29, 1.82) is 0 Å². The van der Waals surface area contributed by atoms with Gasteiger partial charge in [0.15, 0.2) is 6.29 Å². The van der Waals surface area contributed by atoms with E-state index >= 15 is 0 Å². The van der Waals surface area contributed by atoms with Crippen molar-refractivity contribution < 1.29 is 25.2 Å². The van der Waals surface area contributed by atoms with Gasteiger partial charge >= 0.3 is 37.7 Å². The van der Waals surface area contributed by atoms with E-state index in [1.165, 1.54) is 0 Å². The van der Waals surface area contributed by atoms with Gasteiger partial charge in [0.25, 0.3) is 0 Å². The van der Waals surface area contributed by atoms with Gasteiger partial charge < -0.3 is 25.2 Å². The quantitative estimate of drug-likeness (QED) is 0.299. The molecule has 0 unspecified atom stereocenters. The Kier molecular flexibility index (Phi) is 5.41. The Bertz CT molecular complexity index is 107. The van der Waals surface area contributed by atoms with Crippen LogP contribution in [0.3, 0.4) is 0 Å². The number of aliphatic hydroxyl groups excluding tert-OH is 4. The zero-order valence-corrected chi connectivity index (χ0v) is 5.21. The molecule has 0 saturated carbocycles. The van der Waals surface area contributed by atoms with Gasteiger partial charge in [-0.3, -0.25) is 0 Å². The first-order valence-corrected chi connectivity index (χ1v) is 2.97. The van der Waals surface area contributed by atoms with Crippen molar-refractivity contribution in [1.82, 2.24) is 0 Å². The summed E-state index contributed by atoms with van der Waals surface area (Å²) < 4.78 is 4.47. The summed E-state index contributed by atoms with van der Waals surface area (Å²) in [6.07, 6.45) is -5.23. The molecule has 0 spiro atoms. The third-order valence-electron chi connectivity index (χ3n) is 1.47. The molecule has 0 aromatic heterocycles. The Hall–Kier alpha value is 1.06. The molecule has 4 atom stereocenters. The van der Waals surface area contributed by atoms with Crippen LogP contribution in [0, 0.1) is 0 Å². The summed E-state index contributed by atoms with van der Waals surface area (Å²) in [5, 5.41) is 35.3. The molecule has 0 radical (unpaired) electrons. The predicted molar refractivity (Wildman–Crippen MR) is 38.5 cm³/mol. The molecule has 0 aliphatic carbocycles. The first-order chi connectivity index (χ1) is 4.63. The topological polar surface area (TPSA) is 90.2 Å². The fourth-order valence-electron chi connectivity index (χ4n) is 0.791. The van der Waals surface area contributed by atoms with E-state index in [0.29, 0.717) is 0 Å². The molecule has 1 heterocycles. The fourth-order valence-corrected chi connectivity index (χ4v) is 0.791. The van der Waals surface area contributed by atoms with Crippen molar-refractivity contribution in [3.8, 4) is 0 Å². The van der Waals surface area contributed by atoms with Crippen molar-refractivity contribution in [3.05, 3.63) is 0 Å². The van der Waals surface area contributed by atoms with Crippen LogP contribution < -0.4 is 0 Å². The monoisotopic (exact) mass is 192 g/mol. The average molecular weight is 192 g/mol. The zero-order chi connectivity index (χ0) is 7.72. The van der Waals surface area contributed by atoms with E-state index in [2.05, 4.69) is 4.74 Å². The van der Waals surface area contributed by atoms with Crippen molar-refractivity contribution in [2.75, 3.05) is 6.61 Å². The molecule has 1 saturated heterocycles. The van der Waals surface area contributed by atoms with Crippen LogP contribution in [0.2, 0.25) is 0 Å². The van der Waals surface area contributed by atoms with Crippen LogP contribution in [0.25, 0.3) is 0 Å². The van der Waals surface area contributed by atoms with E-state index < -0.39 is 24.6 Å². The molecule has 0 aromatic carbocycles. The second kappa shape index (κ2) is 4.93. The summed E-state index contributed by atoms with van der Waals surface area (Å²) in [6.45, 7) is -0.153. The Morgan fingerprint density at radius 3 is 2.00 bits per heavy atom. The molecule has 1 rings (SSSR count). The van der Waals surface area contributed by atoms with E-state index in [1.54, 1.807) is 0 Å². The van der Waals surface area contributed by atoms with Gasteiger partial charge in [-0.25, -0.2) is 0 Å². The molecular weight excluding hydrogens is 180 g/mol. The Morgan fingerprint density at radius 1 is 1.00 bits per heavy atom. The van der Waals surface area contributed by atoms with Crippen LogP contribution in [-0.2, 0) is 4.74 Å². The van der Waals surface area contributed by atoms with Gasteiger partial charge in [0.05, 0.1) is 6.61 Å². The third-order valence-corrected chi connectivity index (χ3v) is 1.47. The number of hydrogen-bond donors (Lipinski definition) is 4. The average Bonchev–Trinajstić information content (AvgIpc) is 1.93. The second-order valence-electron chi connectivity index (χ2n) is 2.27. The van der Waals surface area contributed by atoms with Gasteiger partial charge in [0.2, 0.25) is 0 Å². The van der Waals surface area contributed by atoms with Crippen LogP contribution in [0.15, 0.2) is 0 Å². The molecule has 11 heavy (non-hydrogen) atoms. The van der Waals surface area contributed by atoms with Crippen LogP contribution in [0.1, 0.15) is 0 Å². The number of hydrogen-bond acceptors (Lipinski definition) is 5. The first-order valence-electron chi connectivity index (χ1n) is 2.97. The molecule has 6 heteroatoms. The number of rotatable bonds is 0. The van der Waals surface area contributed by atoms with E-state index in [0.717, 1.165) is 0 Å². The summed E-state index contributed by atoms with van der Waals surface area (Å²) in [5.41, 5.74) is 0. The predicted octanol–water partition coefficient (Wildman–Crippen LogP) is -3.50. The van der Waals surface area contributed by atoms with Crippen LogP contribution in [0.4, 0.5) is 0 Å². The van der Waals surface area contributed by atoms with Gasteiger partial charge in [0.1, 0.15) is 18.3 Å². The van der Waals surface area contributed by atoms with Gasteiger partial charge in [-0.05, 0) is 0 Å². The summed E-state index contributed by atoms with van der Waals surface area (Å²) in [5.74, 6) is 0. The molecule has 4 N–H and O–H groups in total. The molecule has 64 valence electrons. The minimum atomic E-state index is -1.41. The third kappa shape index (κ3) is 2.78. The maximum absolute atomic E-state index is 8.88. The molecule has 0 aromatic rings. The summed E-state index contributed by atoms with van der Waals surface area (Å²) >= 11 is 0. The second-order valence-corrected chi connectivity index (χ2v) is 2.27. The maximum atomic E-state index is 8.88. The van der Waals surface area contributed by atoms with Gasteiger partial charge in [0, 0.05) is 0 Å². The number of ether oxygens (including phenoxy) is 1. The molecule has 0 bridgehead atoms. The van der Waals surface area contributed by atoms with E-state index in [4.69, 9.17) is 20.4 Å². The Labute approximate surface area is 93.6 Å². The molecular formula is C5H12CaO5. The summed E-state index contributed by atoms with van der Waals surface area (Å²) in [7, 11) is 0. The van der Waals surface area contributed by atoms with E-state index in [9.17, 15) is 0 Å². The Morgan fingerprint density at radius 2 is 1.55 bits per heavy atom. The normalized spacial score (nSPS) is 44.7. The van der Waals surface area contributed by atoms with Crippen LogP contribution in [-0.4, -0.2) is 89.4 Å². The van der Waals surface area contributed by atoms with Crippen molar-refractivity contribution in [2.24, 2.45) is 0 Å². The van der Waals surface area contributed by atoms with Crippen LogP contribution >= 0.6 is 0 Å². The summed E-state index contributed by atoms with van der Waals surface area (Å²) in [6, 6.07) is 0. The Balaban J connectivity index is 0.000001000. The molecule has 5 nitrogen and oxygen atoms in total. The minimum absolute atomic E-state index is 0. The van der Waals surface area contributed by atoms with Crippen molar-refractivity contribution in [2.45, 2.75) is 24.6 Å². The first kappa shape index (κ1) is 12.1. The van der Waals surface area contributed by atoms with Crippen molar-refractivity contribution in [3.63, 3.8) is 0 Å². The molecule has 1 aliphatic heterocycles. The molecule has 0 amide bonds. The van der Waals surface area contributed by atoms with E-state index in [1.807, 2.05) is 0 Å². The van der Waals surface area contributed by atoms with Crippen LogP contribution in [0.5, 0.6) is 0 Å². The SMILES string of the molecule is O[C@@H]1[C@@H](O)[C@@H](O)OC[C@H]1O.[CaH2]. The molecule has 1 fully saturated rings. The zero-order valence-electron chi connectivity index (χ0n) is 5.21. The van der Waals surface area contributed by atoms with E-state index in [-0.39, 0.29) is 44.3 Å². The standard InChI is InChI=1S/C5H10O5.Ca.2H/c6-2-1-10-5(9)4(8)3(2)7;;;/h2-9H,1H2;;;/t2-,3+,4-,5+;;;/m1.../s1. The molecule has 1 aliphatic rings. The van der Waals surface area contributed by atoms with Gasteiger partial charge in [-0.15, -0.1) is 0 Å². The van der Waals surface area contributed by atoms with Crippen molar-refractivity contribution >= 4 is 37.7 Å². The van der Waals surface area contributed by atoms with Gasteiger partial charge in [-0.2, -0.15) is 0 Å². The fraction of sp³-hybridized carbons (Fsp3) is 1.00. The summed E-state index contributed by atoms with van der Waals surface area (Å²) in [4.78, 5) is 0. The number of aliphatic hydroxyl groups is 4. The van der Waals surface area contributed by atoms with Gasteiger partial charge in [-0.1, -0.05) is 0 Å².